The zero-order valence-electron chi connectivity index (χ0n) is 20.1. The lowest BCUT2D eigenvalue weighted by Crippen LogP contribution is -2.25. The van der Waals surface area contributed by atoms with Crippen LogP contribution in [-0.2, 0) is 12.2 Å². The van der Waals surface area contributed by atoms with Gasteiger partial charge in [-0.1, -0.05) is 41.6 Å². The number of amides is 1. The smallest absolute Gasteiger partial charge is 0.251 e. The highest BCUT2D eigenvalue weighted by atomic mass is 35.5. The highest BCUT2D eigenvalue weighted by Gasteiger charge is 2.23. The SMILES string of the molecule is COc1ccc(CCN(C)c2cc(Cl)nc(SCc3cccc(C(=O)NC4CC4)c3)n2)cc1OC. The van der Waals surface area contributed by atoms with Gasteiger partial charge in [0.05, 0.1) is 14.2 Å². The van der Waals surface area contributed by atoms with E-state index in [-0.39, 0.29) is 5.91 Å². The van der Waals surface area contributed by atoms with Gasteiger partial charge in [0.2, 0.25) is 0 Å². The van der Waals surface area contributed by atoms with Crippen molar-refractivity contribution in [2.24, 2.45) is 0 Å². The van der Waals surface area contributed by atoms with Crippen LogP contribution in [0.3, 0.4) is 0 Å². The second-order valence-corrected chi connectivity index (χ2v) is 9.76. The van der Waals surface area contributed by atoms with Crippen LogP contribution in [0.15, 0.2) is 53.7 Å². The number of halogens is 1. The topological polar surface area (TPSA) is 76.6 Å². The van der Waals surface area contributed by atoms with Crippen LogP contribution in [-0.4, -0.2) is 49.7 Å². The average Bonchev–Trinajstić information content (AvgIpc) is 3.69. The number of likely N-dealkylation sites (N-methyl/N-ethyl adjacent to an activating group) is 1. The molecule has 1 fully saturated rings. The standard InChI is InChI=1S/C26H29ClN4O3S/c1-31(12-11-17-7-10-21(33-2)22(14-17)34-3)24-15-23(27)29-26(30-24)35-16-18-5-4-6-19(13-18)25(32)28-20-8-9-20/h4-7,10,13-15,20H,8-9,11-12,16H2,1-3H3,(H,28,32). The number of carbonyl (C=O) groups is 1. The highest BCUT2D eigenvalue weighted by molar-refractivity contribution is 7.98. The summed E-state index contributed by atoms with van der Waals surface area (Å²) >= 11 is 7.81. The van der Waals surface area contributed by atoms with Crippen molar-refractivity contribution in [3.63, 3.8) is 0 Å². The number of hydrogen-bond acceptors (Lipinski definition) is 7. The molecule has 1 aromatic heterocycles. The fourth-order valence-corrected chi connectivity index (χ4v) is 4.56. The number of hydrogen-bond donors (Lipinski definition) is 1. The van der Waals surface area contributed by atoms with Gasteiger partial charge in [-0.3, -0.25) is 4.79 Å². The zero-order chi connectivity index (χ0) is 24.8. The number of carbonyl (C=O) groups excluding carboxylic acids is 1. The number of thioether (sulfide) groups is 1. The van der Waals surface area contributed by atoms with Gasteiger partial charge in [-0.25, -0.2) is 9.97 Å². The van der Waals surface area contributed by atoms with E-state index < -0.39 is 0 Å². The van der Waals surface area contributed by atoms with Gasteiger partial charge >= 0.3 is 0 Å². The predicted molar refractivity (Wildman–Crippen MR) is 140 cm³/mol. The molecule has 0 radical (unpaired) electrons. The molecular formula is C26H29ClN4O3S. The lowest BCUT2D eigenvalue weighted by Gasteiger charge is -2.19. The van der Waals surface area contributed by atoms with E-state index in [1.165, 1.54) is 11.8 Å². The first-order valence-corrected chi connectivity index (χ1v) is 12.8. The van der Waals surface area contributed by atoms with Gasteiger partial charge in [-0.15, -0.1) is 0 Å². The molecule has 1 saturated carbocycles. The van der Waals surface area contributed by atoms with Crippen LogP contribution in [0.25, 0.3) is 0 Å². The third kappa shape index (κ3) is 7.02. The van der Waals surface area contributed by atoms with E-state index in [4.69, 9.17) is 26.1 Å². The molecule has 3 aromatic rings. The first-order chi connectivity index (χ1) is 16.9. The zero-order valence-corrected chi connectivity index (χ0v) is 21.7. The van der Waals surface area contributed by atoms with Gasteiger partial charge < -0.3 is 19.7 Å². The molecule has 0 bridgehead atoms. The van der Waals surface area contributed by atoms with Crippen LogP contribution in [0.5, 0.6) is 11.5 Å². The lowest BCUT2D eigenvalue weighted by molar-refractivity contribution is 0.0951. The van der Waals surface area contributed by atoms with Crippen LogP contribution >= 0.6 is 23.4 Å². The van der Waals surface area contributed by atoms with Crippen LogP contribution < -0.4 is 19.7 Å². The average molecular weight is 513 g/mol. The van der Waals surface area contributed by atoms with Gasteiger partial charge in [-0.05, 0) is 54.7 Å². The Labute approximate surface area is 215 Å². The molecule has 0 saturated heterocycles. The van der Waals surface area contributed by atoms with E-state index in [0.717, 1.165) is 42.8 Å². The van der Waals surface area contributed by atoms with Crippen LogP contribution in [0.4, 0.5) is 5.82 Å². The largest absolute Gasteiger partial charge is 0.493 e. The number of methoxy groups -OCH3 is 2. The molecule has 9 heteroatoms. The predicted octanol–water partition coefficient (Wildman–Crippen LogP) is 5.01. The molecule has 1 aliphatic carbocycles. The molecule has 4 rings (SSSR count). The molecule has 7 nitrogen and oxygen atoms in total. The highest BCUT2D eigenvalue weighted by Crippen LogP contribution is 2.28. The summed E-state index contributed by atoms with van der Waals surface area (Å²) in [6, 6.07) is 15.7. The maximum atomic E-state index is 12.3. The van der Waals surface area contributed by atoms with Crippen LogP contribution in [0, 0.1) is 0 Å². The molecule has 1 N–H and O–H groups in total. The Morgan fingerprint density at radius 1 is 1.09 bits per heavy atom. The van der Waals surface area contributed by atoms with Crippen LogP contribution in [0.2, 0.25) is 5.15 Å². The monoisotopic (exact) mass is 512 g/mol. The third-order valence-corrected chi connectivity index (χ3v) is 6.82. The van der Waals surface area contributed by atoms with Gasteiger partial charge in [0.25, 0.3) is 5.91 Å². The van der Waals surface area contributed by atoms with Crippen molar-refractivity contribution in [2.75, 3.05) is 32.7 Å². The summed E-state index contributed by atoms with van der Waals surface area (Å²) in [6.07, 6.45) is 2.94. The van der Waals surface area contributed by atoms with E-state index >= 15 is 0 Å². The second kappa shape index (κ2) is 11.6. The van der Waals surface area contributed by atoms with Crippen molar-refractivity contribution < 1.29 is 14.3 Å². The summed E-state index contributed by atoms with van der Waals surface area (Å²) < 4.78 is 10.7. The molecule has 0 atom stereocenters. The van der Waals surface area contributed by atoms with Crippen molar-refractivity contribution in [1.82, 2.24) is 15.3 Å². The fourth-order valence-electron chi connectivity index (χ4n) is 3.54. The van der Waals surface area contributed by atoms with Crippen molar-refractivity contribution in [3.05, 3.63) is 70.4 Å². The third-order valence-electron chi connectivity index (χ3n) is 5.71. The van der Waals surface area contributed by atoms with Crippen molar-refractivity contribution in [2.45, 2.75) is 36.2 Å². The van der Waals surface area contributed by atoms with E-state index in [1.54, 1.807) is 20.3 Å². The van der Waals surface area contributed by atoms with Gasteiger partial charge in [0.15, 0.2) is 16.7 Å². The summed E-state index contributed by atoms with van der Waals surface area (Å²) in [4.78, 5) is 23.5. The summed E-state index contributed by atoms with van der Waals surface area (Å²) in [6.45, 7) is 0.741. The maximum absolute atomic E-state index is 12.3. The molecule has 1 amide bonds. The first-order valence-electron chi connectivity index (χ1n) is 11.4. The Morgan fingerprint density at radius 3 is 2.63 bits per heavy atom. The van der Waals surface area contributed by atoms with E-state index in [0.29, 0.717) is 39.2 Å². The summed E-state index contributed by atoms with van der Waals surface area (Å²) in [5, 5.41) is 4.02. The Balaban J connectivity index is 1.37. The Bertz CT molecular complexity index is 1190. The number of ether oxygens (including phenoxy) is 2. The number of nitrogens with zero attached hydrogens (tertiary/aromatic N) is 3. The van der Waals surface area contributed by atoms with Crippen molar-refractivity contribution in [3.8, 4) is 11.5 Å². The summed E-state index contributed by atoms with van der Waals surface area (Å²) in [5.41, 5.74) is 2.85. The number of benzene rings is 2. The van der Waals surface area contributed by atoms with Crippen molar-refractivity contribution in [1.29, 1.82) is 0 Å². The molecule has 0 spiro atoms. The van der Waals surface area contributed by atoms with Crippen LogP contribution in [0.1, 0.15) is 34.3 Å². The molecule has 184 valence electrons. The van der Waals surface area contributed by atoms with Crippen molar-refractivity contribution >= 4 is 35.1 Å². The molecule has 0 unspecified atom stereocenters. The fraction of sp³-hybridized carbons (Fsp3) is 0.346. The Kier molecular flexibility index (Phi) is 8.36. The minimum absolute atomic E-state index is 0.0169. The number of nitrogens with one attached hydrogen (secondary N) is 1. The molecule has 1 heterocycles. The molecular weight excluding hydrogens is 484 g/mol. The summed E-state index contributed by atoms with van der Waals surface area (Å²) in [5.74, 6) is 2.80. The Morgan fingerprint density at radius 2 is 1.89 bits per heavy atom. The van der Waals surface area contributed by atoms with Gasteiger partial charge in [-0.2, -0.15) is 0 Å². The quantitative estimate of drug-likeness (QED) is 0.220. The Hall–Kier alpha value is -2.97. The van der Waals surface area contributed by atoms with E-state index in [2.05, 4.69) is 15.2 Å². The normalized spacial score (nSPS) is 12.8. The molecule has 0 aliphatic heterocycles. The molecule has 35 heavy (non-hydrogen) atoms. The maximum Gasteiger partial charge on any atom is 0.251 e. The van der Waals surface area contributed by atoms with Gasteiger partial charge in [0, 0.05) is 37.0 Å². The number of aromatic nitrogens is 2. The minimum atomic E-state index is -0.0169. The molecule has 2 aromatic carbocycles. The number of anilines is 1. The lowest BCUT2D eigenvalue weighted by atomic mass is 10.1. The molecule has 1 aliphatic rings. The van der Waals surface area contributed by atoms with E-state index in [1.807, 2.05) is 49.5 Å². The minimum Gasteiger partial charge on any atom is -0.493 e. The first kappa shape index (κ1) is 25.1. The summed E-state index contributed by atoms with van der Waals surface area (Å²) in [7, 11) is 5.24. The number of rotatable bonds is 11. The van der Waals surface area contributed by atoms with E-state index in [9.17, 15) is 4.79 Å². The second-order valence-electron chi connectivity index (χ2n) is 8.43. The van der Waals surface area contributed by atoms with Gasteiger partial charge in [0.1, 0.15) is 11.0 Å².